The molecule has 1 aliphatic rings. The number of hydrogen-bond acceptors (Lipinski definition) is 11. The summed E-state index contributed by atoms with van der Waals surface area (Å²) in [7, 11) is -4.36. The molecule has 2 aromatic heterocycles. The molecule has 28 heavy (non-hydrogen) atoms. The van der Waals surface area contributed by atoms with Crippen molar-refractivity contribution in [3.63, 3.8) is 0 Å². The SMILES string of the molecule is [B]=P(O)(OCC1OC(n2cnc3c(N)nc(Cl)nc32)C(O)C1O)OP(=O)(O)O. The first-order valence-electron chi connectivity index (χ1n) is 7.37. The number of anilines is 1. The number of aliphatic hydroxyl groups is 2. The predicted octanol–water partition coefficient (Wildman–Crippen LogP) is -1.35. The molecule has 0 bridgehead atoms. The van der Waals surface area contributed by atoms with Crippen molar-refractivity contribution in [2.24, 2.45) is 0 Å². The zero-order valence-corrected chi connectivity index (χ0v) is 16.2. The standard InChI is InChI=1S/C10H14BClN5O9P2/c11-27(20,26-28(21,22)23)24-1-3-5(18)6(19)9(25-3)17-2-14-4-7(13)15-10(12)16-8(4)17/h2-3,5-6,9,18-20H,1H2,(H2,13,15,16)(H2,21,22,23). The molecular formula is C10H14BClN5O9P2. The van der Waals surface area contributed by atoms with Crippen LogP contribution < -0.4 is 5.73 Å². The van der Waals surface area contributed by atoms with Crippen molar-refractivity contribution in [3.05, 3.63) is 11.6 Å². The van der Waals surface area contributed by atoms with Gasteiger partial charge in [0.15, 0.2) is 0 Å². The van der Waals surface area contributed by atoms with Crippen molar-refractivity contribution in [1.82, 2.24) is 19.5 Å². The van der Waals surface area contributed by atoms with Crippen molar-refractivity contribution in [1.29, 1.82) is 0 Å². The van der Waals surface area contributed by atoms with Gasteiger partial charge in [-0.1, -0.05) is 0 Å². The van der Waals surface area contributed by atoms with Gasteiger partial charge in [0.2, 0.25) is 0 Å². The van der Waals surface area contributed by atoms with Gasteiger partial charge in [-0.05, 0) is 0 Å². The van der Waals surface area contributed by atoms with Crippen molar-refractivity contribution < 1.29 is 43.0 Å². The predicted molar refractivity (Wildman–Crippen MR) is 94.6 cm³/mol. The monoisotopic (exact) mass is 456 g/mol. The molecule has 0 amide bonds. The van der Waals surface area contributed by atoms with Gasteiger partial charge in [0.25, 0.3) is 0 Å². The summed E-state index contributed by atoms with van der Waals surface area (Å²) in [6.45, 7) is -0.653. The number of nitrogens with zero attached hydrogens (tertiary/aromatic N) is 4. The number of phosphoric acid groups is 1. The van der Waals surface area contributed by atoms with Crippen LogP contribution >= 0.6 is 26.9 Å². The Morgan fingerprint density at radius 1 is 1.32 bits per heavy atom. The summed E-state index contributed by atoms with van der Waals surface area (Å²) in [5.41, 5.74) is 6.02. The van der Waals surface area contributed by atoms with E-state index < -0.39 is 46.4 Å². The Morgan fingerprint density at radius 2 is 2.00 bits per heavy atom. The number of nitrogen functional groups attached to an aromatic ring is 1. The van der Waals surface area contributed by atoms with Crippen LogP contribution in [0.4, 0.5) is 5.82 Å². The zero-order chi connectivity index (χ0) is 20.9. The van der Waals surface area contributed by atoms with Gasteiger partial charge in [0.05, 0.1) is 0 Å². The summed E-state index contributed by atoms with van der Waals surface area (Å²) in [5, 5.41) is 20.3. The summed E-state index contributed by atoms with van der Waals surface area (Å²) in [6.07, 6.45) is -4.23. The molecule has 2 aromatic rings. The summed E-state index contributed by atoms with van der Waals surface area (Å²) in [5.74, 6) is -0.00532. The van der Waals surface area contributed by atoms with Gasteiger partial charge < -0.3 is 0 Å². The van der Waals surface area contributed by atoms with Crippen LogP contribution in [0, 0.1) is 0 Å². The molecule has 7 N–H and O–H groups in total. The molecule has 0 aromatic carbocycles. The number of halogens is 1. The maximum absolute atomic E-state index is 10.8. The first-order chi connectivity index (χ1) is 12.9. The Hall–Kier alpha value is -0.955. The van der Waals surface area contributed by atoms with Gasteiger partial charge in [-0.3, -0.25) is 0 Å². The second-order valence-corrected chi connectivity index (χ2v) is 9.04. The summed E-state index contributed by atoms with van der Waals surface area (Å²) in [4.78, 5) is 38.7. The van der Waals surface area contributed by atoms with Gasteiger partial charge in [0, 0.05) is 0 Å². The van der Waals surface area contributed by atoms with Gasteiger partial charge in [-0.15, -0.1) is 0 Å². The molecule has 3 rings (SSSR count). The van der Waals surface area contributed by atoms with Crippen LogP contribution in [0.1, 0.15) is 6.23 Å². The van der Waals surface area contributed by atoms with Gasteiger partial charge in [-0.2, -0.15) is 0 Å². The number of hydrogen-bond donors (Lipinski definition) is 6. The van der Waals surface area contributed by atoms with Crippen LogP contribution in [0.3, 0.4) is 0 Å². The van der Waals surface area contributed by atoms with E-state index in [-0.39, 0.29) is 22.3 Å². The fourth-order valence-corrected chi connectivity index (χ4v) is 4.49. The molecule has 0 saturated carbocycles. The van der Waals surface area contributed by atoms with Gasteiger partial charge in [-0.25, -0.2) is 0 Å². The first kappa shape index (κ1) is 21.7. The zero-order valence-electron chi connectivity index (χ0n) is 13.7. The molecule has 3 heterocycles. The van der Waals surface area contributed by atoms with E-state index in [0.717, 1.165) is 0 Å². The minimum absolute atomic E-state index is 0.00532. The first-order valence-corrected chi connectivity index (χ1v) is 10.9. The third-order valence-electron chi connectivity index (χ3n) is 3.68. The Balaban J connectivity index is 1.78. The van der Waals surface area contributed by atoms with Crippen LogP contribution in [-0.4, -0.2) is 76.5 Å². The number of rotatable bonds is 6. The minimum atomic E-state index is -5.12. The molecule has 5 unspecified atom stereocenters. The van der Waals surface area contributed by atoms with E-state index in [1.807, 2.05) is 0 Å². The molecular weight excluding hydrogens is 442 g/mol. The second-order valence-electron chi connectivity index (χ2n) is 5.68. The van der Waals surface area contributed by atoms with Crippen molar-refractivity contribution >= 4 is 51.0 Å². The molecule has 14 nitrogen and oxygen atoms in total. The number of fused-ring (bicyclic) bond motifs is 1. The van der Waals surface area contributed by atoms with E-state index in [1.54, 1.807) is 0 Å². The maximum atomic E-state index is 10.8. The molecule has 153 valence electrons. The van der Waals surface area contributed by atoms with Crippen LogP contribution in [0.25, 0.3) is 11.2 Å². The molecule has 18 heteroatoms. The quantitative estimate of drug-likeness (QED) is 0.168. The average molecular weight is 456 g/mol. The van der Waals surface area contributed by atoms with Crippen LogP contribution in [0.2, 0.25) is 5.28 Å². The normalized spacial score (nSPS) is 27.9. The summed E-state index contributed by atoms with van der Waals surface area (Å²) < 4.78 is 26.2. The van der Waals surface area contributed by atoms with Crippen molar-refractivity contribution in [2.45, 2.75) is 24.5 Å². The van der Waals surface area contributed by atoms with Crippen LogP contribution in [-0.2, 0) is 18.1 Å². The molecule has 1 saturated heterocycles. The topological polar surface area (TPSA) is 216 Å². The van der Waals surface area contributed by atoms with E-state index in [0.29, 0.717) is 0 Å². The molecule has 0 spiro atoms. The Labute approximate surface area is 162 Å². The fourth-order valence-electron chi connectivity index (χ4n) is 2.55. The molecule has 1 radical (unpaired) electrons. The van der Waals surface area contributed by atoms with E-state index in [1.165, 1.54) is 10.9 Å². The van der Waals surface area contributed by atoms with E-state index in [4.69, 9.17) is 43.6 Å². The van der Waals surface area contributed by atoms with Crippen LogP contribution in [0.15, 0.2) is 6.33 Å². The third-order valence-corrected chi connectivity index (χ3v) is 6.15. The van der Waals surface area contributed by atoms with Crippen molar-refractivity contribution in [2.75, 3.05) is 12.3 Å². The van der Waals surface area contributed by atoms with Crippen LogP contribution in [0.5, 0.6) is 0 Å². The molecule has 1 fully saturated rings. The Kier molecular flexibility index (Phi) is 5.98. The number of aliphatic hydroxyl groups excluding tert-OH is 2. The second kappa shape index (κ2) is 7.71. The van der Waals surface area contributed by atoms with Crippen molar-refractivity contribution in [3.8, 4) is 0 Å². The number of aromatic nitrogens is 4. The average Bonchev–Trinajstić information content (AvgIpc) is 3.06. The molecule has 1 aliphatic heterocycles. The van der Waals surface area contributed by atoms with E-state index >= 15 is 0 Å². The van der Waals surface area contributed by atoms with Gasteiger partial charge in [0.1, 0.15) is 0 Å². The number of nitrogens with two attached hydrogens (primary N) is 1. The van der Waals surface area contributed by atoms with Gasteiger partial charge >= 0.3 is 162 Å². The third kappa shape index (κ3) is 4.61. The fraction of sp³-hybridized carbons (Fsp3) is 0.500. The number of imidazole rings is 1. The Bertz CT molecular complexity index is 988. The molecule has 0 aliphatic carbocycles. The molecule has 5 atom stereocenters. The number of ether oxygens (including phenoxy) is 1. The van der Waals surface area contributed by atoms with E-state index in [2.05, 4.69) is 19.3 Å². The van der Waals surface area contributed by atoms with E-state index in [9.17, 15) is 19.7 Å². The summed E-state index contributed by atoms with van der Waals surface area (Å²) in [6, 6.07) is 0. The summed E-state index contributed by atoms with van der Waals surface area (Å²) >= 11 is 5.77. The Morgan fingerprint density at radius 3 is 2.64 bits per heavy atom.